The van der Waals surface area contributed by atoms with Crippen LogP contribution in [-0.2, 0) is 17.7 Å². The highest BCUT2D eigenvalue weighted by Gasteiger charge is 2.41. The number of urea groups is 1. The lowest BCUT2D eigenvalue weighted by molar-refractivity contribution is 0.0499. The number of amides is 2. The van der Waals surface area contributed by atoms with Gasteiger partial charge in [0.2, 0.25) is 5.95 Å². The molecule has 2 aromatic rings. The second kappa shape index (κ2) is 9.50. The molecule has 3 aliphatic heterocycles. The van der Waals surface area contributed by atoms with E-state index in [1.807, 2.05) is 17.2 Å². The summed E-state index contributed by atoms with van der Waals surface area (Å²) in [5.41, 5.74) is 2.95. The van der Waals surface area contributed by atoms with Crippen molar-refractivity contribution in [2.24, 2.45) is 0 Å². The Morgan fingerprint density at radius 1 is 1.15 bits per heavy atom. The van der Waals surface area contributed by atoms with E-state index in [1.165, 1.54) is 5.56 Å². The van der Waals surface area contributed by atoms with Crippen molar-refractivity contribution in [2.75, 3.05) is 45.2 Å². The number of anilines is 1. The van der Waals surface area contributed by atoms with E-state index in [9.17, 15) is 4.79 Å². The van der Waals surface area contributed by atoms with Gasteiger partial charge < -0.3 is 24.8 Å². The number of carbonyl (C=O) groups is 1. The molecule has 3 aliphatic rings. The van der Waals surface area contributed by atoms with Gasteiger partial charge in [-0.25, -0.2) is 14.8 Å². The zero-order chi connectivity index (χ0) is 23.7. The van der Waals surface area contributed by atoms with Crippen molar-refractivity contribution in [3.8, 4) is 0 Å². The lowest BCUT2D eigenvalue weighted by Gasteiger charge is -2.48. The molecule has 0 saturated carbocycles. The fourth-order valence-electron chi connectivity index (χ4n) is 5.34. The molecule has 34 heavy (non-hydrogen) atoms. The molecule has 0 spiro atoms. The maximum absolute atomic E-state index is 14.0. The van der Waals surface area contributed by atoms with Gasteiger partial charge in [-0.15, -0.1) is 0 Å². The van der Waals surface area contributed by atoms with Crippen LogP contribution in [0.25, 0.3) is 0 Å². The van der Waals surface area contributed by atoms with E-state index in [1.54, 1.807) is 0 Å². The van der Waals surface area contributed by atoms with Crippen molar-refractivity contribution in [3.05, 3.63) is 53.3 Å². The molecule has 0 bridgehead atoms. The van der Waals surface area contributed by atoms with Gasteiger partial charge in [-0.2, -0.15) is 0 Å². The largest absolute Gasteiger partial charge is 0.381 e. The second-order valence-corrected chi connectivity index (χ2v) is 10.4. The first kappa shape index (κ1) is 23.1. The molecule has 1 aromatic carbocycles. The first-order valence-corrected chi connectivity index (χ1v) is 12.4. The van der Waals surface area contributed by atoms with Crippen molar-refractivity contribution < 1.29 is 9.53 Å². The summed E-state index contributed by atoms with van der Waals surface area (Å²) in [5, 5.41) is 3.47. The van der Waals surface area contributed by atoms with Crippen molar-refractivity contribution >= 4 is 12.0 Å². The normalized spacial score (nSPS) is 23.4. The lowest BCUT2D eigenvalue weighted by Crippen LogP contribution is -2.59. The Balaban J connectivity index is 1.38. The van der Waals surface area contributed by atoms with Crippen LogP contribution in [0, 0.1) is 0 Å². The average molecular weight is 465 g/mol. The molecule has 1 atom stereocenters. The molecule has 0 radical (unpaired) electrons. The standard InChI is InChI=1S/C26H36N6O2/c1-26(2)15-20-16-27-24(28-21-9-13-34-14-10-21)29-22(20)17-32(26)25(33)31-12-11-30(3)18-23(31)19-7-5-4-6-8-19/h4-8,16,21,23H,9-15,17-18H2,1-3H3,(H,27,28,29)/t23-/m1/s1. The van der Waals surface area contributed by atoms with Gasteiger partial charge >= 0.3 is 6.03 Å². The van der Waals surface area contributed by atoms with Crippen LogP contribution in [0.4, 0.5) is 10.7 Å². The highest BCUT2D eigenvalue weighted by Crippen LogP contribution is 2.34. The number of nitrogens with one attached hydrogen (secondary N) is 1. The van der Waals surface area contributed by atoms with Gasteiger partial charge in [-0.1, -0.05) is 30.3 Å². The van der Waals surface area contributed by atoms with Crippen LogP contribution in [0.15, 0.2) is 36.5 Å². The molecular weight excluding hydrogens is 428 g/mol. The number of carbonyl (C=O) groups excluding carboxylic acids is 1. The smallest absolute Gasteiger partial charge is 0.321 e. The Bertz CT molecular complexity index is 1010. The van der Waals surface area contributed by atoms with E-state index in [-0.39, 0.29) is 17.6 Å². The summed E-state index contributed by atoms with van der Waals surface area (Å²) in [5.74, 6) is 0.652. The Morgan fingerprint density at radius 3 is 2.68 bits per heavy atom. The van der Waals surface area contributed by atoms with Crippen LogP contribution in [0.1, 0.15) is 49.6 Å². The fourth-order valence-corrected chi connectivity index (χ4v) is 5.34. The van der Waals surface area contributed by atoms with Gasteiger partial charge in [0, 0.05) is 50.6 Å². The van der Waals surface area contributed by atoms with Crippen LogP contribution in [0.3, 0.4) is 0 Å². The summed E-state index contributed by atoms with van der Waals surface area (Å²) in [6.07, 6.45) is 4.61. The highest BCUT2D eigenvalue weighted by atomic mass is 16.5. The summed E-state index contributed by atoms with van der Waals surface area (Å²) in [7, 11) is 2.13. The predicted molar refractivity (Wildman–Crippen MR) is 132 cm³/mol. The monoisotopic (exact) mass is 464 g/mol. The molecule has 8 nitrogen and oxygen atoms in total. The topological polar surface area (TPSA) is 73.8 Å². The molecule has 2 saturated heterocycles. The van der Waals surface area contributed by atoms with Gasteiger partial charge in [0.05, 0.1) is 18.3 Å². The fraction of sp³-hybridized carbons (Fsp3) is 0.577. The summed E-state index contributed by atoms with van der Waals surface area (Å²) >= 11 is 0. The SMILES string of the molecule is CN1CCN(C(=O)N2Cc3nc(NC4CCOCC4)ncc3CC2(C)C)[C@@H](c2ccccc2)C1. The van der Waals surface area contributed by atoms with Crippen LogP contribution >= 0.6 is 0 Å². The first-order valence-electron chi connectivity index (χ1n) is 12.4. The minimum absolute atomic E-state index is 0.0424. The molecule has 1 N–H and O–H groups in total. The van der Waals surface area contributed by atoms with Crippen LogP contribution < -0.4 is 5.32 Å². The number of likely N-dealkylation sites (N-methyl/N-ethyl adjacent to an activating group) is 1. The Morgan fingerprint density at radius 2 is 1.91 bits per heavy atom. The first-order chi connectivity index (χ1) is 16.4. The average Bonchev–Trinajstić information content (AvgIpc) is 2.84. The maximum Gasteiger partial charge on any atom is 0.321 e. The molecule has 2 amide bonds. The van der Waals surface area contributed by atoms with Gasteiger partial charge in [-0.05, 0) is 51.3 Å². The number of rotatable bonds is 3. The summed E-state index contributed by atoms with van der Waals surface area (Å²) < 4.78 is 5.46. The third-order valence-electron chi connectivity index (χ3n) is 7.41. The zero-order valence-corrected chi connectivity index (χ0v) is 20.5. The molecule has 1 aromatic heterocycles. The number of hydrogen-bond donors (Lipinski definition) is 1. The Hall–Kier alpha value is -2.71. The number of benzene rings is 1. The van der Waals surface area contributed by atoms with Gasteiger partial charge in [0.15, 0.2) is 0 Å². The van der Waals surface area contributed by atoms with Crippen LogP contribution in [-0.4, -0.2) is 82.2 Å². The number of aromatic nitrogens is 2. The van der Waals surface area contributed by atoms with E-state index >= 15 is 0 Å². The predicted octanol–water partition coefficient (Wildman–Crippen LogP) is 3.31. The van der Waals surface area contributed by atoms with E-state index in [0.717, 1.165) is 56.8 Å². The van der Waals surface area contributed by atoms with Crippen LogP contribution in [0.2, 0.25) is 0 Å². The minimum atomic E-state index is -0.312. The number of piperazine rings is 1. The van der Waals surface area contributed by atoms with Crippen molar-refractivity contribution in [2.45, 2.75) is 57.3 Å². The number of hydrogen-bond acceptors (Lipinski definition) is 6. The quantitative estimate of drug-likeness (QED) is 0.751. The summed E-state index contributed by atoms with van der Waals surface area (Å²) in [6.45, 7) is 8.77. The van der Waals surface area contributed by atoms with Gasteiger partial charge in [-0.3, -0.25) is 0 Å². The number of nitrogens with zero attached hydrogens (tertiary/aromatic N) is 5. The minimum Gasteiger partial charge on any atom is -0.381 e. The molecular formula is C26H36N6O2. The summed E-state index contributed by atoms with van der Waals surface area (Å²) in [6, 6.07) is 10.9. The second-order valence-electron chi connectivity index (χ2n) is 10.4. The Kier molecular flexibility index (Phi) is 6.44. The third-order valence-corrected chi connectivity index (χ3v) is 7.41. The zero-order valence-electron chi connectivity index (χ0n) is 20.5. The highest BCUT2D eigenvalue weighted by molar-refractivity contribution is 5.76. The van der Waals surface area contributed by atoms with Gasteiger partial charge in [0.25, 0.3) is 0 Å². The molecule has 5 rings (SSSR count). The van der Waals surface area contributed by atoms with Gasteiger partial charge in [0.1, 0.15) is 0 Å². The summed E-state index contributed by atoms with van der Waals surface area (Å²) in [4.78, 5) is 29.9. The molecule has 0 aliphatic carbocycles. The third kappa shape index (κ3) is 4.74. The maximum atomic E-state index is 14.0. The molecule has 2 fully saturated rings. The number of ether oxygens (including phenoxy) is 1. The van der Waals surface area contributed by atoms with E-state index in [0.29, 0.717) is 25.1 Å². The molecule has 0 unspecified atom stereocenters. The van der Waals surface area contributed by atoms with E-state index in [2.05, 4.69) is 65.3 Å². The Labute approximate surface area is 202 Å². The van der Waals surface area contributed by atoms with Crippen molar-refractivity contribution in [1.82, 2.24) is 24.7 Å². The molecule has 8 heteroatoms. The van der Waals surface area contributed by atoms with E-state index < -0.39 is 0 Å². The van der Waals surface area contributed by atoms with Crippen LogP contribution in [0.5, 0.6) is 0 Å². The van der Waals surface area contributed by atoms with E-state index in [4.69, 9.17) is 9.72 Å². The van der Waals surface area contributed by atoms with Crippen molar-refractivity contribution in [1.29, 1.82) is 0 Å². The lowest BCUT2D eigenvalue weighted by atomic mass is 9.88. The molecule has 182 valence electrons. The number of fused-ring (bicyclic) bond motifs is 1. The van der Waals surface area contributed by atoms with Crippen molar-refractivity contribution in [3.63, 3.8) is 0 Å². The molecule has 4 heterocycles.